The van der Waals surface area contributed by atoms with E-state index in [1.807, 2.05) is 0 Å². The number of H-pyrrole nitrogens is 1. The second-order valence-electron chi connectivity index (χ2n) is 4.05. The molecule has 1 atom stereocenters. The predicted molar refractivity (Wildman–Crippen MR) is 63.0 cm³/mol. The summed E-state index contributed by atoms with van der Waals surface area (Å²) in [7, 11) is 0. The lowest BCUT2D eigenvalue weighted by atomic mass is 10.1. The van der Waals surface area contributed by atoms with Gasteiger partial charge in [0.1, 0.15) is 12.2 Å². The van der Waals surface area contributed by atoms with E-state index in [-0.39, 0.29) is 18.0 Å². The van der Waals surface area contributed by atoms with E-state index in [1.54, 1.807) is 6.92 Å². The summed E-state index contributed by atoms with van der Waals surface area (Å²) in [5, 5.41) is 8.90. The minimum Gasteiger partial charge on any atom is -0.346 e. The van der Waals surface area contributed by atoms with Gasteiger partial charge in [-0.15, -0.1) is 0 Å². The first-order chi connectivity index (χ1) is 9.08. The van der Waals surface area contributed by atoms with Gasteiger partial charge < -0.3 is 5.32 Å². The molecule has 1 aromatic heterocycles. The van der Waals surface area contributed by atoms with Crippen molar-refractivity contribution in [1.82, 2.24) is 20.5 Å². The van der Waals surface area contributed by atoms with Crippen molar-refractivity contribution in [3.63, 3.8) is 0 Å². The molecule has 0 spiro atoms. The number of benzene rings is 1. The highest BCUT2D eigenvalue weighted by Crippen LogP contribution is 2.12. The molecule has 0 saturated heterocycles. The molecule has 2 N–H and O–H groups in total. The lowest BCUT2D eigenvalue weighted by Gasteiger charge is -2.11. The highest BCUT2D eigenvalue weighted by molar-refractivity contribution is 5.78. The Kier molecular flexibility index (Phi) is 3.84. The molecule has 100 valence electrons. The Hall–Kier alpha value is -2.31. The number of rotatable bonds is 4. The molecule has 2 aromatic rings. The molecule has 1 aromatic carbocycles. The van der Waals surface area contributed by atoms with E-state index in [9.17, 15) is 13.6 Å². The molecule has 0 aliphatic rings. The summed E-state index contributed by atoms with van der Waals surface area (Å²) in [6, 6.07) is 3.36. The number of nitrogens with zero attached hydrogens (tertiary/aromatic N) is 2. The average molecular weight is 266 g/mol. The van der Waals surface area contributed by atoms with Gasteiger partial charge in [0.2, 0.25) is 5.91 Å². The number of hydrogen-bond donors (Lipinski definition) is 2. The largest absolute Gasteiger partial charge is 0.346 e. The number of amides is 1. The summed E-state index contributed by atoms with van der Waals surface area (Å²) >= 11 is 0. The Bertz CT molecular complexity index is 571. The van der Waals surface area contributed by atoms with Gasteiger partial charge in [0.15, 0.2) is 11.6 Å². The summed E-state index contributed by atoms with van der Waals surface area (Å²) in [5.74, 6) is -1.89. The monoisotopic (exact) mass is 266 g/mol. The summed E-state index contributed by atoms with van der Waals surface area (Å²) < 4.78 is 26.4. The van der Waals surface area contributed by atoms with Crippen LogP contribution in [0.25, 0.3) is 0 Å². The van der Waals surface area contributed by atoms with Crippen LogP contribution in [0.3, 0.4) is 0 Å². The average Bonchev–Trinajstić information content (AvgIpc) is 2.88. The number of carbonyl (C=O) groups is 1. The van der Waals surface area contributed by atoms with Gasteiger partial charge in [-0.05, 0) is 13.0 Å². The second-order valence-corrected chi connectivity index (χ2v) is 4.05. The van der Waals surface area contributed by atoms with Crippen molar-refractivity contribution in [3.8, 4) is 0 Å². The van der Waals surface area contributed by atoms with Crippen LogP contribution in [0.15, 0.2) is 24.5 Å². The van der Waals surface area contributed by atoms with Crippen LogP contribution in [-0.2, 0) is 11.2 Å². The Morgan fingerprint density at radius 3 is 2.95 bits per heavy atom. The first kappa shape index (κ1) is 13.1. The lowest BCUT2D eigenvalue weighted by molar-refractivity contribution is -0.121. The van der Waals surface area contributed by atoms with Crippen molar-refractivity contribution in [2.45, 2.75) is 19.4 Å². The first-order valence-electron chi connectivity index (χ1n) is 5.65. The lowest BCUT2D eigenvalue weighted by Crippen LogP contribution is -2.29. The van der Waals surface area contributed by atoms with Crippen LogP contribution in [0.1, 0.15) is 24.4 Å². The van der Waals surface area contributed by atoms with Crippen LogP contribution < -0.4 is 5.32 Å². The van der Waals surface area contributed by atoms with Crippen molar-refractivity contribution in [3.05, 3.63) is 47.5 Å². The number of carbonyl (C=O) groups excluding carboxylic acids is 1. The third-order valence-electron chi connectivity index (χ3n) is 2.60. The Morgan fingerprint density at radius 2 is 2.26 bits per heavy atom. The number of aromatic nitrogens is 3. The molecule has 19 heavy (non-hydrogen) atoms. The first-order valence-corrected chi connectivity index (χ1v) is 5.65. The summed E-state index contributed by atoms with van der Waals surface area (Å²) in [4.78, 5) is 15.6. The van der Waals surface area contributed by atoms with Crippen LogP contribution in [0.5, 0.6) is 0 Å². The van der Waals surface area contributed by atoms with E-state index >= 15 is 0 Å². The molecule has 7 heteroatoms. The maximum Gasteiger partial charge on any atom is 0.225 e. The molecule has 1 amide bonds. The Morgan fingerprint density at radius 1 is 1.47 bits per heavy atom. The smallest absolute Gasteiger partial charge is 0.225 e. The zero-order valence-corrected chi connectivity index (χ0v) is 10.2. The van der Waals surface area contributed by atoms with E-state index in [0.29, 0.717) is 5.82 Å². The number of nitrogens with one attached hydrogen (secondary N) is 2. The predicted octanol–water partition coefficient (Wildman–Crippen LogP) is 1.50. The van der Waals surface area contributed by atoms with Gasteiger partial charge in [0.25, 0.3) is 0 Å². The molecule has 0 radical (unpaired) electrons. The number of halogens is 2. The Labute approximate surface area is 108 Å². The molecular weight excluding hydrogens is 254 g/mol. The quantitative estimate of drug-likeness (QED) is 0.881. The number of aromatic amines is 1. The minimum atomic E-state index is -0.995. The van der Waals surface area contributed by atoms with Crippen LogP contribution >= 0.6 is 0 Å². The van der Waals surface area contributed by atoms with Crippen LogP contribution in [0.2, 0.25) is 0 Å². The summed E-state index contributed by atoms with van der Waals surface area (Å²) in [6.45, 7) is 1.71. The summed E-state index contributed by atoms with van der Waals surface area (Å²) in [5.41, 5.74) is 0.0160. The van der Waals surface area contributed by atoms with Crippen LogP contribution in [-0.4, -0.2) is 21.1 Å². The van der Waals surface area contributed by atoms with E-state index in [1.165, 1.54) is 18.5 Å². The van der Waals surface area contributed by atoms with Crippen molar-refractivity contribution >= 4 is 5.91 Å². The molecule has 0 fully saturated rings. The van der Waals surface area contributed by atoms with Gasteiger partial charge in [-0.25, -0.2) is 13.8 Å². The topological polar surface area (TPSA) is 70.7 Å². The summed E-state index contributed by atoms with van der Waals surface area (Å²) in [6.07, 6.45) is 1.09. The fourth-order valence-corrected chi connectivity index (χ4v) is 1.64. The molecule has 0 saturated carbocycles. The van der Waals surface area contributed by atoms with Gasteiger partial charge in [-0.1, -0.05) is 12.1 Å². The molecule has 2 rings (SSSR count). The van der Waals surface area contributed by atoms with Gasteiger partial charge >= 0.3 is 0 Å². The van der Waals surface area contributed by atoms with E-state index < -0.39 is 17.5 Å². The molecule has 0 aliphatic heterocycles. The van der Waals surface area contributed by atoms with E-state index in [0.717, 1.165) is 6.07 Å². The normalized spacial score (nSPS) is 12.2. The standard InChI is InChI=1S/C12H12F2N4O/c1-7(12-15-6-16-18-12)17-10(19)5-8-3-2-4-9(13)11(8)14/h2-4,6-7H,5H2,1H3,(H,17,19)(H,15,16,18). The van der Waals surface area contributed by atoms with Gasteiger partial charge in [0, 0.05) is 5.56 Å². The van der Waals surface area contributed by atoms with Crippen molar-refractivity contribution in [2.24, 2.45) is 0 Å². The third kappa shape index (κ3) is 3.12. The Balaban J connectivity index is 2.00. The SMILES string of the molecule is CC(NC(=O)Cc1cccc(F)c1F)c1ncn[nH]1. The van der Waals surface area contributed by atoms with Gasteiger partial charge in [0.05, 0.1) is 12.5 Å². The second kappa shape index (κ2) is 5.55. The molecular formula is C12H12F2N4O. The highest BCUT2D eigenvalue weighted by atomic mass is 19.2. The van der Waals surface area contributed by atoms with Crippen molar-refractivity contribution < 1.29 is 13.6 Å². The molecule has 1 unspecified atom stereocenters. The highest BCUT2D eigenvalue weighted by Gasteiger charge is 2.15. The van der Waals surface area contributed by atoms with Gasteiger partial charge in [-0.3, -0.25) is 9.89 Å². The number of hydrogen-bond acceptors (Lipinski definition) is 3. The van der Waals surface area contributed by atoms with Gasteiger partial charge in [-0.2, -0.15) is 5.10 Å². The van der Waals surface area contributed by atoms with Crippen LogP contribution in [0, 0.1) is 11.6 Å². The fourth-order valence-electron chi connectivity index (χ4n) is 1.64. The molecule has 1 heterocycles. The fraction of sp³-hybridized carbons (Fsp3) is 0.250. The third-order valence-corrected chi connectivity index (χ3v) is 2.60. The van der Waals surface area contributed by atoms with Crippen LogP contribution in [0.4, 0.5) is 8.78 Å². The van der Waals surface area contributed by atoms with Crippen molar-refractivity contribution in [1.29, 1.82) is 0 Å². The minimum absolute atomic E-state index is 0.0160. The van der Waals surface area contributed by atoms with Crippen molar-refractivity contribution in [2.75, 3.05) is 0 Å². The van der Waals surface area contributed by atoms with E-state index in [2.05, 4.69) is 20.5 Å². The molecule has 5 nitrogen and oxygen atoms in total. The molecule has 0 aliphatic carbocycles. The molecule has 0 bridgehead atoms. The zero-order valence-electron chi connectivity index (χ0n) is 10.2. The van der Waals surface area contributed by atoms with E-state index in [4.69, 9.17) is 0 Å². The maximum absolute atomic E-state index is 13.4. The zero-order chi connectivity index (χ0) is 13.8. The maximum atomic E-state index is 13.4.